The smallest absolute Gasteiger partial charge is 0.314 e. The Morgan fingerprint density at radius 2 is 1.52 bits per heavy atom. The molecule has 0 bridgehead atoms. The van der Waals surface area contributed by atoms with Gasteiger partial charge in [0.2, 0.25) is 0 Å². The summed E-state index contributed by atoms with van der Waals surface area (Å²) in [5.74, 6) is -7.68. The molecule has 0 aliphatic carbocycles. The zero-order valence-corrected chi connectivity index (χ0v) is 17.8. The Labute approximate surface area is 178 Å². The standard InChI is InChI=1S/C22H24F4N2O3/c1-6-7-13(12-8-27-21(28-9-12)22(2,3)4)20(29)31-11-15-18(25)16(23)14(10-30-5)17(24)19(15)26/h6,8-9,13H,1,7,10-11H2,2-5H3. The number of carbonyl (C=O) groups is 1. The number of nitrogens with zero attached hydrogens (tertiary/aromatic N) is 2. The fourth-order valence-corrected chi connectivity index (χ4v) is 2.80. The Morgan fingerprint density at radius 3 is 1.94 bits per heavy atom. The van der Waals surface area contributed by atoms with Gasteiger partial charge in [-0.25, -0.2) is 27.5 Å². The summed E-state index contributed by atoms with van der Waals surface area (Å²) in [5, 5.41) is 0. The van der Waals surface area contributed by atoms with Crippen LogP contribution in [-0.4, -0.2) is 23.0 Å². The summed E-state index contributed by atoms with van der Waals surface area (Å²) in [6.07, 6.45) is 4.52. The number of hydrogen-bond donors (Lipinski definition) is 0. The van der Waals surface area contributed by atoms with Crippen LogP contribution in [0.25, 0.3) is 0 Å². The van der Waals surface area contributed by atoms with E-state index in [1.54, 1.807) is 0 Å². The van der Waals surface area contributed by atoms with Gasteiger partial charge in [0.05, 0.1) is 23.7 Å². The third-order valence-electron chi connectivity index (χ3n) is 4.52. The summed E-state index contributed by atoms with van der Waals surface area (Å²) in [6, 6.07) is 0. The van der Waals surface area contributed by atoms with Crippen molar-refractivity contribution in [3.8, 4) is 0 Å². The highest BCUT2D eigenvalue weighted by atomic mass is 19.2. The van der Waals surface area contributed by atoms with Crippen LogP contribution in [0.1, 0.15) is 55.6 Å². The van der Waals surface area contributed by atoms with Crippen LogP contribution in [0.2, 0.25) is 0 Å². The van der Waals surface area contributed by atoms with E-state index in [1.165, 1.54) is 18.5 Å². The molecule has 0 aliphatic heterocycles. The summed E-state index contributed by atoms with van der Waals surface area (Å²) in [7, 11) is 1.13. The van der Waals surface area contributed by atoms with E-state index in [4.69, 9.17) is 4.74 Å². The van der Waals surface area contributed by atoms with Crippen molar-refractivity contribution in [2.75, 3.05) is 7.11 Å². The van der Waals surface area contributed by atoms with Crippen molar-refractivity contribution in [1.82, 2.24) is 9.97 Å². The van der Waals surface area contributed by atoms with Crippen molar-refractivity contribution < 1.29 is 31.8 Å². The van der Waals surface area contributed by atoms with Gasteiger partial charge in [-0.05, 0) is 6.42 Å². The number of hydrogen-bond acceptors (Lipinski definition) is 5. The van der Waals surface area contributed by atoms with E-state index in [2.05, 4.69) is 21.3 Å². The topological polar surface area (TPSA) is 61.3 Å². The van der Waals surface area contributed by atoms with Crippen molar-refractivity contribution in [2.24, 2.45) is 0 Å². The maximum Gasteiger partial charge on any atom is 0.314 e. The minimum absolute atomic E-state index is 0.136. The Morgan fingerprint density at radius 1 is 1.03 bits per heavy atom. The molecule has 1 unspecified atom stereocenters. The van der Waals surface area contributed by atoms with Crippen LogP contribution < -0.4 is 0 Å². The highest BCUT2D eigenvalue weighted by molar-refractivity contribution is 5.78. The van der Waals surface area contributed by atoms with Gasteiger partial charge in [-0.3, -0.25) is 4.79 Å². The van der Waals surface area contributed by atoms with E-state index in [1.807, 2.05) is 20.8 Å². The van der Waals surface area contributed by atoms with Crippen LogP contribution in [0.4, 0.5) is 17.6 Å². The first-order valence-electron chi connectivity index (χ1n) is 9.45. The molecule has 1 atom stereocenters. The number of methoxy groups -OCH3 is 1. The molecule has 0 N–H and O–H groups in total. The normalized spacial score (nSPS) is 12.5. The molecule has 0 saturated heterocycles. The Bertz CT molecular complexity index is 928. The molecule has 0 radical (unpaired) electrons. The maximum absolute atomic E-state index is 14.2. The number of benzene rings is 1. The molecule has 9 heteroatoms. The molecule has 0 amide bonds. The summed E-state index contributed by atoms with van der Waals surface area (Å²) in [4.78, 5) is 21.1. The van der Waals surface area contributed by atoms with Gasteiger partial charge < -0.3 is 9.47 Å². The van der Waals surface area contributed by atoms with Crippen LogP contribution in [0.15, 0.2) is 25.0 Å². The highest BCUT2D eigenvalue weighted by Gasteiger charge is 2.28. The summed E-state index contributed by atoms with van der Waals surface area (Å²) >= 11 is 0. The van der Waals surface area contributed by atoms with Crippen molar-refractivity contribution in [1.29, 1.82) is 0 Å². The summed E-state index contributed by atoms with van der Waals surface area (Å²) in [5.41, 5.74) is -1.80. The number of allylic oxidation sites excluding steroid dienone is 1. The van der Waals surface area contributed by atoms with Crippen LogP contribution in [0.5, 0.6) is 0 Å². The van der Waals surface area contributed by atoms with E-state index in [9.17, 15) is 22.4 Å². The quantitative estimate of drug-likeness (QED) is 0.253. The predicted octanol–water partition coefficient (Wildman–Crippen LogP) is 4.88. The Hall–Kier alpha value is -2.81. The SMILES string of the molecule is C=CCC(C(=O)OCc1c(F)c(F)c(COC)c(F)c1F)c1cnc(C(C)(C)C)nc1. The molecule has 1 aromatic heterocycles. The van der Waals surface area contributed by atoms with Gasteiger partial charge in [-0.15, -0.1) is 6.58 Å². The van der Waals surface area contributed by atoms with Crippen LogP contribution in [-0.2, 0) is 32.9 Å². The number of ether oxygens (including phenoxy) is 2. The lowest BCUT2D eigenvalue weighted by molar-refractivity contribution is -0.147. The van der Waals surface area contributed by atoms with E-state index in [0.717, 1.165) is 7.11 Å². The molecule has 1 heterocycles. The fraction of sp³-hybridized carbons (Fsp3) is 0.409. The first-order chi connectivity index (χ1) is 14.5. The Balaban J connectivity index is 2.26. The van der Waals surface area contributed by atoms with Gasteiger partial charge in [-0.1, -0.05) is 26.8 Å². The molecule has 5 nitrogen and oxygen atoms in total. The van der Waals surface area contributed by atoms with E-state index < -0.39 is 59.5 Å². The second-order valence-corrected chi connectivity index (χ2v) is 7.92. The second kappa shape index (κ2) is 10.00. The minimum atomic E-state index is -1.64. The number of aromatic nitrogens is 2. The van der Waals surface area contributed by atoms with Crippen LogP contribution in [0, 0.1) is 23.3 Å². The molecule has 31 heavy (non-hydrogen) atoms. The van der Waals surface area contributed by atoms with Gasteiger partial charge in [0.25, 0.3) is 0 Å². The van der Waals surface area contributed by atoms with Crippen LogP contribution >= 0.6 is 0 Å². The van der Waals surface area contributed by atoms with Crippen LogP contribution in [0.3, 0.4) is 0 Å². The lowest BCUT2D eigenvalue weighted by atomic mass is 9.94. The van der Waals surface area contributed by atoms with Crippen molar-refractivity contribution in [2.45, 2.75) is 51.7 Å². The third kappa shape index (κ3) is 5.46. The average molecular weight is 440 g/mol. The number of rotatable bonds is 8. The lowest BCUT2D eigenvalue weighted by Gasteiger charge is -2.19. The van der Waals surface area contributed by atoms with Gasteiger partial charge >= 0.3 is 5.97 Å². The molecule has 0 saturated carbocycles. The lowest BCUT2D eigenvalue weighted by Crippen LogP contribution is -2.20. The molecule has 1 aromatic carbocycles. The van der Waals surface area contributed by atoms with Gasteiger partial charge in [0, 0.05) is 30.5 Å². The zero-order valence-electron chi connectivity index (χ0n) is 17.8. The summed E-state index contributed by atoms with van der Waals surface area (Å²) < 4.78 is 66.1. The van der Waals surface area contributed by atoms with E-state index >= 15 is 0 Å². The predicted molar refractivity (Wildman–Crippen MR) is 105 cm³/mol. The largest absolute Gasteiger partial charge is 0.460 e. The van der Waals surface area contributed by atoms with Gasteiger partial charge in [-0.2, -0.15) is 0 Å². The maximum atomic E-state index is 14.2. The highest BCUT2D eigenvalue weighted by Crippen LogP contribution is 2.27. The number of esters is 1. The molecular weight excluding hydrogens is 416 g/mol. The molecule has 0 aliphatic rings. The molecule has 0 fully saturated rings. The number of halogens is 4. The number of carbonyl (C=O) groups excluding carboxylic acids is 1. The monoisotopic (exact) mass is 440 g/mol. The molecule has 168 valence electrons. The second-order valence-electron chi connectivity index (χ2n) is 7.92. The molecule has 0 spiro atoms. The third-order valence-corrected chi connectivity index (χ3v) is 4.52. The first kappa shape index (κ1) is 24.5. The summed E-state index contributed by atoms with van der Waals surface area (Å²) in [6.45, 7) is 7.72. The first-order valence-corrected chi connectivity index (χ1v) is 9.45. The molecular formula is C22H24F4N2O3. The van der Waals surface area contributed by atoms with Crippen molar-refractivity contribution >= 4 is 5.97 Å². The Kier molecular flexibility index (Phi) is 7.89. The van der Waals surface area contributed by atoms with E-state index in [-0.39, 0.29) is 11.8 Å². The van der Waals surface area contributed by atoms with Crippen molar-refractivity contribution in [3.63, 3.8) is 0 Å². The van der Waals surface area contributed by atoms with Crippen molar-refractivity contribution in [3.05, 3.63) is 70.8 Å². The van der Waals surface area contributed by atoms with Gasteiger partial charge in [0.15, 0.2) is 23.3 Å². The van der Waals surface area contributed by atoms with E-state index in [0.29, 0.717) is 11.4 Å². The molecule has 2 rings (SSSR count). The average Bonchev–Trinajstić information content (AvgIpc) is 2.73. The molecule has 2 aromatic rings. The van der Waals surface area contributed by atoms with Gasteiger partial charge in [0.1, 0.15) is 12.4 Å². The minimum Gasteiger partial charge on any atom is -0.460 e. The zero-order chi connectivity index (χ0) is 23.3. The fourth-order valence-electron chi connectivity index (χ4n) is 2.80.